The van der Waals surface area contributed by atoms with Crippen molar-refractivity contribution in [3.8, 4) is 5.75 Å². The highest BCUT2D eigenvalue weighted by Gasteiger charge is 2.43. The number of rotatable bonds is 5. The lowest BCUT2D eigenvalue weighted by molar-refractivity contribution is 0.0396. The van der Waals surface area contributed by atoms with E-state index in [1.54, 1.807) is 11.3 Å². The van der Waals surface area contributed by atoms with E-state index >= 15 is 0 Å². The zero-order valence-electron chi connectivity index (χ0n) is 16.8. The molecule has 0 saturated heterocycles. The molecule has 0 radical (unpaired) electrons. The Morgan fingerprint density at radius 3 is 2.86 bits per heavy atom. The molecule has 2 aromatic rings. The highest BCUT2D eigenvalue weighted by molar-refractivity contribution is 7.09. The maximum atomic E-state index is 6.49. The number of fused-ring (bicyclic) bond motifs is 1. The Morgan fingerprint density at radius 2 is 2.11 bits per heavy atom. The maximum Gasteiger partial charge on any atom is 0.192 e. The highest BCUT2D eigenvalue weighted by atomic mass is 32.1. The summed E-state index contributed by atoms with van der Waals surface area (Å²) in [6.07, 6.45) is 6.77. The predicted octanol–water partition coefficient (Wildman–Crippen LogP) is 4.60. The van der Waals surface area contributed by atoms with Gasteiger partial charge in [-0.05, 0) is 45.1 Å². The molecule has 1 aromatic heterocycles. The number of aliphatic imine (C=N–C) groups is 1. The largest absolute Gasteiger partial charge is 0.487 e. The molecular formula is C22H30N4OS. The van der Waals surface area contributed by atoms with Crippen molar-refractivity contribution >= 4 is 17.3 Å². The summed E-state index contributed by atoms with van der Waals surface area (Å²) < 4.78 is 6.49. The Morgan fingerprint density at radius 1 is 1.29 bits per heavy atom. The number of guanidine groups is 1. The third-order valence-corrected chi connectivity index (χ3v) is 6.71. The van der Waals surface area contributed by atoms with E-state index in [1.165, 1.54) is 23.4 Å². The van der Waals surface area contributed by atoms with Crippen molar-refractivity contribution in [2.45, 2.75) is 70.6 Å². The van der Waals surface area contributed by atoms with Gasteiger partial charge in [-0.25, -0.2) is 9.98 Å². The Balaban J connectivity index is 1.54. The van der Waals surface area contributed by atoms with Crippen molar-refractivity contribution in [1.29, 1.82) is 0 Å². The lowest BCUT2D eigenvalue weighted by atomic mass is 9.86. The van der Waals surface area contributed by atoms with Crippen LogP contribution in [0, 0.1) is 0 Å². The monoisotopic (exact) mass is 398 g/mol. The first-order valence-corrected chi connectivity index (χ1v) is 11.4. The van der Waals surface area contributed by atoms with Crippen LogP contribution in [0.1, 0.15) is 68.3 Å². The van der Waals surface area contributed by atoms with Crippen LogP contribution in [0.5, 0.6) is 5.75 Å². The molecule has 1 aliphatic carbocycles. The average molecular weight is 399 g/mol. The number of aryl methyl sites for hydroxylation is 1. The summed E-state index contributed by atoms with van der Waals surface area (Å²) in [6.45, 7) is 5.67. The minimum Gasteiger partial charge on any atom is -0.487 e. The van der Waals surface area contributed by atoms with Crippen LogP contribution in [0.3, 0.4) is 0 Å². The predicted molar refractivity (Wildman–Crippen MR) is 115 cm³/mol. The van der Waals surface area contributed by atoms with Crippen LogP contribution < -0.4 is 15.4 Å². The van der Waals surface area contributed by atoms with Crippen molar-refractivity contribution in [1.82, 2.24) is 15.6 Å². The molecule has 1 aromatic carbocycles. The number of para-hydroxylation sites is 1. The average Bonchev–Trinajstić information content (AvgIpc) is 3.36. The maximum absolute atomic E-state index is 6.49. The number of nitrogens with zero attached hydrogens (tertiary/aromatic N) is 2. The van der Waals surface area contributed by atoms with E-state index in [-0.39, 0.29) is 11.6 Å². The zero-order chi connectivity index (χ0) is 19.4. The van der Waals surface area contributed by atoms with Gasteiger partial charge in [0.15, 0.2) is 5.96 Å². The smallest absolute Gasteiger partial charge is 0.192 e. The second-order valence-corrected chi connectivity index (χ2v) is 8.66. The second-order valence-electron chi connectivity index (χ2n) is 7.71. The molecule has 1 unspecified atom stereocenters. The summed E-state index contributed by atoms with van der Waals surface area (Å²) >= 11 is 1.72. The summed E-state index contributed by atoms with van der Waals surface area (Å²) in [6, 6.07) is 8.65. The van der Waals surface area contributed by atoms with Gasteiger partial charge in [-0.2, -0.15) is 0 Å². The lowest BCUT2D eigenvalue weighted by Crippen LogP contribution is -2.46. The second kappa shape index (κ2) is 8.52. The van der Waals surface area contributed by atoms with Crippen molar-refractivity contribution in [3.63, 3.8) is 0 Å². The van der Waals surface area contributed by atoms with Gasteiger partial charge in [0, 0.05) is 23.9 Å². The van der Waals surface area contributed by atoms with E-state index < -0.39 is 0 Å². The van der Waals surface area contributed by atoms with Gasteiger partial charge in [-0.1, -0.05) is 25.1 Å². The van der Waals surface area contributed by atoms with Gasteiger partial charge >= 0.3 is 0 Å². The molecule has 1 atom stereocenters. The van der Waals surface area contributed by atoms with Gasteiger partial charge in [0.25, 0.3) is 0 Å². The van der Waals surface area contributed by atoms with E-state index in [0.717, 1.165) is 49.6 Å². The highest BCUT2D eigenvalue weighted by Crippen LogP contribution is 2.46. The molecule has 1 aliphatic heterocycles. The molecule has 6 heteroatoms. The van der Waals surface area contributed by atoms with Crippen molar-refractivity contribution < 1.29 is 4.74 Å². The Labute approximate surface area is 171 Å². The van der Waals surface area contributed by atoms with Crippen molar-refractivity contribution in [3.05, 3.63) is 45.9 Å². The van der Waals surface area contributed by atoms with Crippen molar-refractivity contribution in [2.24, 2.45) is 4.99 Å². The number of aromatic nitrogens is 1. The normalized spacial score (nSPS) is 20.6. The molecule has 5 nitrogen and oxygen atoms in total. The number of benzene rings is 1. The van der Waals surface area contributed by atoms with Gasteiger partial charge < -0.3 is 15.4 Å². The van der Waals surface area contributed by atoms with Crippen LogP contribution >= 0.6 is 11.3 Å². The minimum atomic E-state index is -0.0196. The van der Waals surface area contributed by atoms with Gasteiger partial charge in [0.2, 0.25) is 0 Å². The number of nitrogens with one attached hydrogen (secondary N) is 2. The van der Waals surface area contributed by atoms with E-state index in [1.807, 2.05) is 0 Å². The Hall–Kier alpha value is -2.08. The first kappa shape index (κ1) is 19.2. The summed E-state index contributed by atoms with van der Waals surface area (Å²) in [5.74, 6) is 1.87. The van der Waals surface area contributed by atoms with E-state index in [0.29, 0.717) is 6.54 Å². The fourth-order valence-corrected chi connectivity index (χ4v) is 5.04. The molecule has 1 fully saturated rings. The fourth-order valence-electron chi connectivity index (χ4n) is 4.30. The first-order valence-electron chi connectivity index (χ1n) is 10.5. The lowest BCUT2D eigenvalue weighted by Gasteiger charge is -2.40. The standard InChI is InChI=1S/C22H30N4OS/c1-3-20-25-16(15-28-20)14-24-21(23-4-2)26-18-13-22(11-7-8-12-22)27-19-10-6-5-9-17(18)19/h5-6,9-10,15,18H,3-4,7-8,11-14H2,1-2H3,(H2,23,24,26). The molecule has 1 saturated carbocycles. The Kier molecular flexibility index (Phi) is 5.85. The molecule has 0 amide bonds. The molecule has 28 heavy (non-hydrogen) atoms. The molecule has 4 rings (SSSR count). The molecule has 2 aliphatic rings. The van der Waals surface area contributed by atoms with E-state index in [4.69, 9.17) is 9.73 Å². The van der Waals surface area contributed by atoms with Gasteiger partial charge in [-0.3, -0.25) is 0 Å². The SMILES string of the molecule is CCNC(=NCc1csc(CC)n1)NC1CC2(CCCC2)Oc2ccccc21. The number of hydrogen-bond acceptors (Lipinski definition) is 4. The van der Waals surface area contributed by atoms with Crippen molar-refractivity contribution in [2.75, 3.05) is 6.54 Å². The number of ether oxygens (including phenoxy) is 1. The van der Waals surface area contributed by atoms with E-state index in [2.05, 4.69) is 59.1 Å². The molecule has 1 spiro atoms. The summed E-state index contributed by atoms with van der Waals surface area (Å²) in [7, 11) is 0. The molecular weight excluding hydrogens is 368 g/mol. The third-order valence-electron chi connectivity index (χ3n) is 5.67. The summed E-state index contributed by atoms with van der Waals surface area (Å²) in [5.41, 5.74) is 2.25. The number of thiazole rings is 1. The molecule has 150 valence electrons. The summed E-state index contributed by atoms with van der Waals surface area (Å²) in [5, 5.41) is 10.4. The van der Waals surface area contributed by atoms with Gasteiger partial charge in [0.05, 0.1) is 23.3 Å². The minimum absolute atomic E-state index is 0.0196. The molecule has 2 heterocycles. The van der Waals surface area contributed by atoms with Crippen LogP contribution in [0.2, 0.25) is 0 Å². The topological polar surface area (TPSA) is 58.5 Å². The van der Waals surface area contributed by atoms with Crippen LogP contribution in [0.4, 0.5) is 0 Å². The zero-order valence-corrected chi connectivity index (χ0v) is 17.6. The molecule has 0 bridgehead atoms. The van der Waals surface area contributed by atoms with Crippen LogP contribution in [-0.2, 0) is 13.0 Å². The van der Waals surface area contributed by atoms with E-state index in [9.17, 15) is 0 Å². The quantitative estimate of drug-likeness (QED) is 0.571. The van der Waals surface area contributed by atoms with Gasteiger partial charge in [0.1, 0.15) is 11.4 Å². The van der Waals surface area contributed by atoms with Crippen LogP contribution in [0.25, 0.3) is 0 Å². The Bertz CT molecular complexity index is 825. The van der Waals surface area contributed by atoms with Gasteiger partial charge in [-0.15, -0.1) is 11.3 Å². The first-order chi connectivity index (χ1) is 13.7. The molecule has 2 N–H and O–H groups in total. The number of hydrogen-bond donors (Lipinski definition) is 2. The van der Waals surface area contributed by atoms with Crippen LogP contribution in [0.15, 0.2) is 34.6 Å². The third kappa shape index (κ3) is 4.17. The van der Waals surface area contributed by atoms with Crippen LogP contribution in [-0.4, -0.2) is 23.1 Å². The summed E-state index contributed by atoms with van der Waals surface area (Å²) in [4.78, 5) is 9.45. The fraction of sp³-hybridized carbons (Fsp3) is 0.545.